The van der Waals surface area contributed by atoms with Crippen molar-refractivity contribution in [2.75, 3.05) is 33.0 Å². The van der Waals surface area contributed by atoms with Crippen LogP contribution in [-0.2, 0) is 27.0 Å². The van der Waals surface area contributed by atoms with Crippen molar-refractivity contribution in [1.29, 1.82) is 0 Å². The van der Waals surface area contributed by atoms with E-state index in [0.717, 1.165) is 0 Å². The van der Waals surface area contributed by atoms with Gasteiger partial charge in [0.1, 0.15) is 0 Å². The number of hydrogen-bond acceptors (Lipinski definition) is 7. The van der Waals surface area contributed by atoms with Gasteiger partial charge in [-0.05, 0) is 33.7 Å². The first-order valence-electron chi connectivity index (χ1n) is 6.00. The van der Waals surface area contributed by atoms with Gasteiger partial charge in [0.05, 0.1) is 6.61 Å². The Kier molecular flexibility index (Phi) is 13.6. The van der Waals surface area contributed by atoms with Crippen molar-refractivity contribution in [1.82, 2.24) is 0 Å². The molecule has 0 fully saturated rings. The van der Waals surface area contributed by atoms with E-state index < -0.39 is 17.5 Å². The van der Waals surface area contributed by atoms with Gasteiger partial charge in [0, 0.05) is 19.8 Å². The van der Waals surface area contributed by atoms with Gasteiger partial charge < -0.3 is 19.0 Å². The summed E-state index contributed by atoms with van der Waals surface area (Å²) in [6, 6.07) is 0. The van der Waals surface area contributed by atoms with Crippen LogP contribution in [0.4, 0.5) is 0 Å². The van der Waals surface area contributed by atoms with E-state index in [1.54, 1.807) is 20.8 Å². The molecule has 0 aliphatic heterocycles. The first-order chi connectivity index (χ1) is 8.49. The van der Waals surface area contributed by atoms with Gasteiger partial charge in [-0.25, -0.2) is 0 Å². The second-order valence-corrected chi connectivity index (χ2v) is 9.23. The molecule has 10 heteroatoms. The molecular formula is C9H24NNaO6SSi. The van der Waals surface area contributed by atoms with Crippen LogP contribution in [0.15, 0.2) is 0 Å². The Labute approximate surface area is 138 Å². The van der Waals surface area contributed by atoms with Crippen LogP contribution in [-0.4, -0.2) is 78.9 Å². The maximum absolute atomic E-state index is 12.1. The summed E-state index contributed by atoms with van der Waals surface area (Å²) >= 11 is 0. The van der Waals surface area contributed by atoms with Gasteiger partial charge in [0.15, 0.2) is 0 Å². The molecule has 0 aliphatic rings. The monoisotopic (exact) mass is 325 g/mol. The summed E-state index contributed by atoms with van der Waals surface area (Å²) in [6.45, 7) is 5.89. The zero-order chi connectivity index (χ0) is 14.1. The van der Waals surface area contributed by atoms with Crippen LogP contribution in [0.1, 0.15) is 27.2 Å². The number of hydrogen-bond donors (Lipinski definition) is 1. The topological polar surface area (TPSA) is 97.1 Å². The molecule has 0 saturated carbocycles. The van der Waals surface area contributed by atoms with Crippen LogP contribution in [0.3, 0.4) is 0 Å². The first kappa shape index (κ1) is 22.3. The molecule has 0 heterocycles. The van der Waals surface area contributed by atoms with Gasteiger partial charge in [-0.3, -0.25) is 4.18 Å². The molecule has 0 atom stereocenters. The van der Waals surface area contributed by atoms with Gasteiger partial charge in [0.25, 0.3) is 0 Å². The first-order valence-corrected chi connectivity index (χ1v) is 9.86. The Balaban J connectivity index is 0. The van der Waals surface area contributed by atoms with E-state index in [-0.39, 0.29) is 56.0 Å². The van der Waals surface area contributed by atoms with Crippen LogP contribution >= 0.6 is 0 Å². The van der Waals surface area contributed by atoms with Gasteiger partial charge in [0.2, 0.25) is 0 Å². The molecule has 0 aromatic heterocycles. The Bertz CT molecular complexity index is 299. The van der Waals surface area contributed by atoms with Crippen molar-refractivity contribution in [3.63, 3.8) is 0 Å². The zero-order valence-corrected chi connectivity index (χ0v) is 13.0. The van der Waals surface area contributed by atoms with E-state index in [1.165, 1.54) is 0 Å². The summed E-state index contributed by atoms with van der Waals surface area (Å²) in [5, 5.41) is 0. The fourth-order valence-corrected chi connectivity index (χ4v) is 6.46. The molecule has 19 heavy (non-hydrogen) atoms. The molecule has 0 rings (SSSR count). The molecule has 112 valence electrons. The molecule has 0 bridgehead atoms. The summed E-state index contributed by atoms with van der Waals surface area (Å²) in [6.07, 6.45) is 0.439. The van der Waals surface area contributed by atoms with Crippen LogP contribution in [0.2, 0.25) is 0 Å². The maximum atomic E-state index is 12.1. The van der Waals surface area contributed by atoms with Crippen molar-refractivity contribution < 1.29 is 25.9 Å². The molecule has 0 unspecified atom stereocenters. The molecule has 0 aliphatic carbocycles. The van der Waals surface area contributed by atoms with Gasteiger partial charge in [-0.2, -0.15) is 8.42 Å². The average Bonchev–Trinajstić information content (AvgIpc) is 2.30. The SMILES string of the molecule is CCO[Si](OCC)(OCC)S(=O)(=O)OCCCN.[NaH]. The fraction of sp³-hybridized carbons (Fsp3) is 1.00. The van der Waals surface area contributed by atoms with Crippen molar-refractivity contribution in [3.8, 4) is 0 Å². The van der Waals surface area contributed by atoms with Gasteiger partial charge in [-0.1, -0.05) is 0 Å². The second-order valence-electron chi connectivity index (χ2n) is 3.22. The van der Waals surface area contributed by atoms with Crippen molar-refractivity contribution in [2.45, 2.75) is 27.2 Å². The van der Waals surface area contributed by atoms with E-state index in [9.17, 15) is 8.42 Å². The predicted molar refractivity (Wildman–Crippen MR) is 76.3 cm³/mol. The van der Waals surface area contributed by atoms with Gasteiger partial charge in [-0.15, -0.1) is 0 Å². The van der Waals surface area contributed by atoms with Gasteiger partial charge >= 0.3 is 47.1 Å². The Morgan fingerprint density at radius 1 is 1.00 bits per heavy atom. The molecule has 7 nitrogen and oxygen atoms in total. The minimum atomic E-state index is -4.03. The van der Waals surface area contributed by atoms with E-state index in [4.69, 9.17) is 23.2 Å². The predicted octanol–water partition coefficient (Wildman–Crippen LogP) is -0.422. The molecular weight excluding hydrogens is 301 g/mol. The normalized spacial score (nSPS) is 12.2. The molecule has 0 saturated heterocycles. The van der Waals surface area contributed by atoms with E-state index >= 15 is 0 Å². The summed E-state index contributed by atoms with van der Waals surface area (Å²) < 4.78 is 44.9. The third-order valence-corrected chi connectivity index (χ3v) is 8.12. The van der Waals surface area contributed by atoms with E-state index in [0.29, 0.717) is 13.0 Å². The minimum absolute atomic E-state index is 0. The van der Waals surface area contributed by atoms with Crippen molar-refractivity contribution in [2.24, 2.45) is 5.73 Å². The molecule has 0 radical (unpaired) electrons. The standard InChI is InChI=1S/C9H23NO6SSi.Na.H/c1-4-14-18(15-5-2,16-6-3)17(11,12)13-9-7-8-10;;/h4-10H2,1-3H3;;. The third-order valence-electron chi connectivity index (χ3n) is 1.86. The van der Waals surface area contributed by atoms with Crippen LogP contribution in [0.25, 0.3) is 0 Å². The fourth-order valence-electron chi connectivity index (χ4n) is 1.20. The molecule has 2 N–H and O–H groups in total. The summed E-state index contributed by atoms with van der Waals surface area (Å²) in [5.74, 6) is 0. The number of nitrogens with two attached hydrogens (primary N) is 1. The molecule has 0 aromatic carbocycles. The summed E-state index contributed by atoms with van der Waals surface area (Å²) in [5.41, 5.74) is 5.29. The zero-order valence-electron chi connectivity index (χ0n) is 11.2. The Hall–Kier alpha value is 0.967. The molecule has 0 spiro atoms. The van der Waals surface area contributed by atoms with Crippen molar-refractivity contribution >= 4 is 47.1 Å². The Morgan fingerprint density at radius 3 is 1.74 bits per heavy atom. The van der Waals surface area contributed by atoms with E-state index in [1.807, 2.05) is 0 Å². The second kappa shape index (κ2) is 11.6. The summed E-state index contributed by atoms with van der Waals surface area (Å²) in [4.78, 5) is 0. The van der Waals surface area contributed by atoms with Crippen LogP contribution < -0.4 is 5.73 Å². The summed E-state index contributed by atoms with van der Waals surface area (Å²) in [7, 11) is -7.89. The Morgan fingerprint density at radius 2 is 1.42 bits per heavy atom. The van der Waals surface area contributed by atoms with E-state index in [2.05, 4.69) is 0 Å². The molecule has 0 amide bonds. The molecule has 0 aromatic rings. The average molecular weight is 325 g/mol. The third kappa shape index (κ3) is 6.98. The van der Waals surface area contributed by atoms with Crippen LogP contribution in [0, 0.1) is 0 Å². The number of rotatable bonds is 11. The van der Waals surface area contributed by atoms with Crippen molar-refractivity contribution in [3.05, 3.63) is 0 Å². The quantitative estimate of drug-likeness (QED) is 0.407. The van der Waals surface area contributed by atoms with Crippen LogP contribution in [0.5, 0.6) is 0 Å².